The van der Waals surface area contributed by atoms with Crippen LogP contribution < -0.4 is 10.6 Å². The van der Waals surface area contributed by atoms with Crippen molar-refractivity contribution in [2.45, 2.75) is 25.9 Å². The second-order valence-electron chi connectivity index (χ2n) is 5.31. The summed E-state index contributed by atoms with van der Waals surface area (Å²) in [5.41, 5.74) is 8.34. The predicted molar refractivity (Wildman–Crippen MR) is 87.3 cm³/mol. The Labute approximate surface area is 130 Å². The van der Waals surface area contributed by atoms with Gasteiger partial charge in [0.05, 0.1) is 11.7 Å². The number of nitrogens with zero attached hydrogens (tertiary/aromatic N) is 1. The van der Waals surface area contributed by atoms with E-state index >= 15 is 0 Å². The van der Waals surface area contributed by atoms with Gasteiger partial charge in [0.1, 0.15) is 5.82 Å². The molecule has 21 heavy (non-hydrogen) atoms. The lowest BCUT2D eigenvalue weighted by molar-refractivity contribution is 0.604. The van der Waals surface area contributed by atoms with Crippen molar-refractivity contribution in [1.82, 2.24) is 0 Å². The third kappa shape index (κ3) is 3.36. The van der Waals surface area contributed by atoms with Crippen LogP contribution in [0.4, 0.5) is 10.1 Å². The fourth-order valence-corrected chi connectivity index (χ4v) is 2.65. The first-order valence-electron chi connectivity index (χ1n) is 6.94. The smallest absolute Gasteiger partial charge is 0.146 e. The van der Waals surface area contributed by atoms with Gasteiger partial charge < -0.3 is 10.6 Å². The van der Waals surface area contributed by atoms with Gasteiger partial charge in [-0.25, -0.2) is 4.39 Å². The summed E-state index contributed by atoms with van der Waals surface area (Å²) in [6.45, 7) is 3.87. The van der Waals surface area contributed by atoms with Gasteiger partial charge >= 0.3 is 0 Å². The average molecular weight is 307 g/mol. The molecule has 0 heterocycles. The quantitative estimate of drug-likeness (QED) is 0.887. The molecule has 2 nitrogen and oxygen atoms in total. The molecule has 0 saturated carbocycles. The number of anilines is 1. The van der Waals surface area contributed by atoms with Gasteiger partial charge in [-0.3, -0.25) is 0 Å². The van der Waals surface area contributed by atoms with Gasteiger partial charge in [-0.05, 0) is 43.2 Å². The molecule has 112 valence electrons. The number of rotatable bonds is 4. The van der Waals surface area contributed by atoms with E-state index in [1.165, 1.54) is 6.07 Å². The zero-order chi connectivity index (χ0) is 15.6. The molecule has 0 aromatic heterocycles. The van der Waals surface area contributed by atoms with Crippen LogP contribution in [-0.2, 0) is 0 Å². The highest BCUT2D eigenvalue weighted by atomic mass is 35.5. The maximum Gasteiger partial charge on any atom is 0.146 e. The molecule has 0 bridgehead atoms. The Morgan fingerprint density at radius 3 is 2.43 bits per heavy atom. The molecule has 0 aliphatic rings. The van der Waals surface area contributed by atoms with Crippen molar-refractivity contribution in [3.63, 3.8) is 0 Å². The van der Waals surface area contributed by atoms with Crippen LogP contribution in [0.2, 0.25) is 5.02 Å². The Bertz CT molecular complexity index is 628. The zero-order valence-corrected chi connectivity index (χ0v) is 13.2. The highest BCUT2D eigenvalue weighted by molar-refractivity contribution is 6.30. The highest BCUT2D eigenvalue weighted by Crippen LogP contribution is 2.33. The lowest BCUT2D eigenvalue weighted by Crippen LogP contribution is -2.25. The molecule has 0 amide bonds. The molecule has 2 aromatic rings. The van der Waals surface area contributed by atoms with E-state index in [4.69, 9.17) is 17.3 Å². The summed E-state index contributed by atoms with van der Waals surface area (Å²) in [4.78, 5) is 1.90. The van der Waals surface area contributed by atoms with Crippen LogP contribution in [0.25, 0.3) is 0 Å². The van der Waals surface area contributed by atoms with E-state index in [9.17, 15) is 4.39 Å². The summed E-state index contributed by atoms with van der Waals surface area (Å²) < 4.78 is 14.3. The van der Waals surface area contributed by atoms with Crippen LogP contribution in [0.1, 0.15) is 37.1 Å². The number of benzene rings is 2. The number of hydrogen-bond donors (Lipinski definition) is 1. The number of nitrogens with two attached hydrogens (primary N) is 1. The molecule has 0 spiro atoms. The third-order valence-corrected chi connectivity index (χ3v) is 4.01. The highest BCUT2D eigenvalue weighted by Gasteiger charge is 2.20. The Balaban J connectivity index is 2.42. The molecule has 0 aliphatic carbocycles. The largest absolute Gasteiger partial charge is 0.365 e. The standard InChI is InChI=1S/C17H20ClFN2/c1-11(20)15-8-5-9-16(19)17(15)21(3)12(2)13-6-4-7-14(18)10-13/h4-12H,20H2,1-3H3. The van der Waals surface area contributed by atoms with Crippen LogP contribution in [0.3, 0.4) is 0 Å². The molecule has 2 unspecified atom stereocenters. The van der Waals surface area contributed by atoms with Gasteiger partial charge in [-0.1, -0.05) is 35.9 Å². The molecule has 2 aromatic carbocycles. The van der Waals surface area contributed by atoms with Crippen molar-refractivity contribution in [3.05, 3.63) is 64.4 Å². The second-order valence-corrected chi connectivity index (χ2v) is 5.74. The normalized spacial score (nSPS) is 13.8. The second kappa shape index (κ2) is 6.46. The van der Waals surface area contributed by atoms with Gasteiger partial charge in [-0.15, -0.1) is 0 Å². The fourth-order valence-electron chi connectivity index (χ4n) is 2.46. The van der Waals surface area contributed by atoms with E-state index in [0.29, 0.717) is 10.7 Å². The third-order valence-electron chi connectivity index (χ3n) is 3.77. The molecule has 0 fully saturated rings. The van der Waals surface area contributed by atoms with E-state index in [-0.39, 0.29) is 17.9 Å². The molecule has 0 radical (unpaired) electrons. The minimum atomic E-state index is -0.263. The maximum atomic E-state index is 14.3. The summed E-state index contributed by atoms with van der Waals surface area (Å²) in [5.74, 6) is -0.263. The van der Waals surface area contributed by atoms with E-state index in [1.807, 2.05) is 56.1 Å². The van der Waals surface area contributed by atoms with E-state index in [0.717, 1.165) is 11.1 Å². The lowest BCUT2D eigenvalue weighted by Gasteiger charge is -2.30. The Hall–Kier alpha value is -1.58. The maximum absolute atomic E-state index is 14.3. The fraction of sp³-hybridized carbons (Fsp3) is 0.294. The number of halogens is 2. The van der Waals surface area contributed by atoms with Crippen molar-refractivity contribution in [2.75, 3.05) is 11.9 Å². The van der Waals surface area contributed by atoms with E-state index in [2.05, 4.69) is 0 Å². The molecule has 2 atom stereocenters. The van der Waals surface area contributed by atoms with Crippen LogP contribution >= 0.6 is 11.6 Å². The van der Waals surface area contributed by atoms with Crippen LogP contribution in [0, 0.1) is 5.82 Å². The minimum Gasteiger partial charge on any atom is -0.365 e. The summed E-state index contributed by atoms with van der Waals surface area (Å²) in [6.07, 6.45) is 0. The van der Waals surface area contributed by atoms with E-state index in [1.54, 1.807) is 6.07 Å². The number of para-hydroxylation sites is 1. The summed E-state index contributed by atoms with van der Waals surface area (Å²) >= 11 is 6.04. The molecule has 0 saturated heterocycles. The molecular formula is C17H20ClFN2. The average Bonchev–Trinajstić information content (AvgIpc) is 2.45. The van der Waals surface area contributed by atoms with Crippen molar-refractivity contribution < 1.29 is 4.39 Å². The van der Waals surface area contributed by atoms with Gasteiger partial charge in [0.2, 0.25) is 0 Å². The SMILES string of the molecule is CC(N)c1cccc(F)c1N(C)C(C)c1cccc(Cl)c1. The molecule has 2 N–H and O–H groups in total. The van der Waals surface area contributed by atoms with E-state index < -0.39 is 0 Å². The summed E-state index contributed by atoms with van der Waals surface area (Å²) in [7, 11) is 1.87. The zero-order valence-electron chi connectivity index (χ0n) is 12.5. The lowest BCUT2D eigenvalue weighted by atomic mass is 10.0. The first-order valence-corrected chi connectivity index (χ1v) is 7.32. The summed E-state index contributed by atoms with van der Waals surface area (Å²) in [6, 6.07) is 12.4. The van der Waals surface area contributed by atoms with Crippen LogP contribution in [-0.4, -0.2) is 7.05 Å². The Kier molecular flexibility index (Phi) is 4.86. The minimum absolute atomic E-state index is 0.0156. The first-order chi connectivity index (χ1) is 9.91. The van der Waals surface area contributed by atoms with Gasteiger partial charge in [0.15, 0.2) is 0 Å². The molecular weight excluding hydrogens is 287 g/mol. The van der Waals surface area contributed by atoms with Gasteiger partial charge in [-0.2, -0.15) is 0 Å². The van der Waals surface area contributed by atoms with Crippen LogP contribution in [0.5, 0.6) is 0 Å². The van der Waals surface area contributed by atoms with Crippen molar-refractivity contribution in [2.24, 2.45) is 5.73 Å². The molecule has 4 heteroatoms. The molecule has 0 aliphatic heterocycles. The monoisotopic (exact) mass is 306 g/mol. The van der Waals surface area contributed by atoms with Crippen molar-refractivity contribution in [1.29, 1.82) is 0 Å². The van der Waals surface area contributed by atoms with Crippen molar-refractivity contribution >= 4 is 17.3 Å². The van der Waals surface area contributed by atoms with Gasteiger partial charge in [0.25, 0.3) is 0 Å². The Morgan fingerprint density at radius 2 is 1.81 bits per heavy atom. The van der Waals surface area contributed by atoms with Gasteiger partial charge in [0, 0.05) is 18.1 Å². The topological polar surface area (TPSA) is 29.3 Å². The summed E-state index contributed by atoms with van der Waals surface area (Å²) in [5, 5.41) is 0.675. The predicted octanol–water partition coefficient (Wildman–Crippen LogP) is 4.70. The Morgan fingerprint density at radius 1 is 1.14 bits per heavy atom. The molecule has 2 rings (SSSR count). The van der Waals surface area contributed by atoms with Crippen molar-refractivity contribution in [3.8, 4) is 0 Å². The number of hydrogen-bond acceptors (Lipinski definition) is 2. The van der Waals surface area contributed by atoms with Crippen LogP contribution in [0.15, 0.2) is 42.5 Å². The first kappa shape index (κ1) is 15.8.